The van der Waals surface area contributed by atoms with E-state index in [0.29, 0.717) is 0 Å². The molecular formula is C15H18N2O7. The highest BCUT2D eigenvalue weighted by Gasteiger charge is 2.62. The Morgan fingerprint density at radius 2 is 1.92 bits per heavy atom. The van der Waals surface area contributed by atoms with Crippen molar-refractivity contribution in [2.24, 2.45) is 0 Å². The molecule has 0 aliphatic carbocycles. The van der Waals surface area contributed by atoms with Crippen molar-refractivity contribution in [1.29, 1.82) is 0 Å². The lowest BCUT2D eigenvalue weighted by Crippen LogP contribution is -2.72. The lowest BCUT2D eigenvalue weighted by atomic mass is 9.90. The molecule has 2 fully saturated rings. The van der Waals surface area contributed by atoms with E-state index in [2.05, 4.69) is 5.32 Å². The Bertz CT molecular complexity index is 626. The fourth-order valence-corrected chi connectivity index (χ4v) is 2.85. The van der Waals surface area contributed by atoms with Crippen molar-refractivity contribution in [3.63, 3.8) is 0 Å². The van der Waals surface area contributed by atoms with Gasteiger partial charge in [0.25, 0.3) is 11.6 Å². The van der Waals surface area contributed by atoms with E-state index < -0.39 is 48.7 Å². The van der Waals surface area contributed by atoms with Gasteiger partial charge in [0.2, 0.25) is 0 Å². The Morgan fingerprint density at radius 1 is 1.21 bits per heavy atom. The molecule has 5 atom stereocenters. The van der Waals surface area contributed by atoms with Crippen LogP contribution >= 0.6 is 0 Å². The molecule has 2 aliphatic heterocycles. The molecular weight excluding hydrogens is 320 g/mol. The lowest BCUT2D eigenvalue weighted by Gasteiger charge is -2.45. The zero-order chi connectivity index (χ0) is 17.3. The number of nitrogens with one attached hydrogen (secondary N) is 2. The van der Waals surface area contributed by atoms with Gasteiger partial charge in [-0.3, -0.25) is 15.4 Å². The number of hydrogen-bond donors (Lipinski definition) is 5. The Hall–Kier alpha value is -2.04. The quantitative estimate of drug-likeness (QED) is 0.409. The normalized spacial score (nSPS) is 35.8. The average molecular weight is 338 g/mol. The van der Waals surface area contributed by atoms with Crippen LogP contribution in [0.15, 0.2) is 30.3 Å². The molecule has 3 amide bonds. The second-order valence-electron chi connectivity index (χ2n) is 5.68. The number of amides is 3. The molecule has 2 saturated heterocycles. The maximum absolute atomic E-state index is 12.1. The van der Waals surface area contributed by atoms with Crippen LogP contribution in [0.2, 0.25) is 0 Å². The maximum atomic E-state index is 12.1. The molecule has 0 radical (unpaired) electrons. The number of aliphatic hydroxyl groups excluding tert-OH is 3. The summed E-state index contributed by atoms with van der Waals surface area (Å²) in [6.45, 7) is -0.562. The van der Waals surface area contributed by atoms with Gasteiger partial charge in [-0.1, -0.05) is 30.3 Å². The standard InChI is InChI=1S/C15H18N2O7/c18-6-9-10(19)11(23-7-8-4-2-1-3-5-8)12(20)15(24-9)13(21)16-14(22)17-15/h1-5,9-12,18-20H,6-7H2,(H2,16,17,21,22)/t9-,10-,11+,12-,15+/m1/s1. The van der Waals surface area contributed by atoms with Crippen molar-refractivity contribution in [2.75, 3.05) is 6.61 Å². The summed E-state index contributed by atoms with van der Waals surface area (Å²) in [4.78, 5) is 23.5. The van der Waals surface area contributed by atoms with E-state index in [4.69, 9.17) is 9.47 Å². The van der Waals surface area contributed by atoms with E-state index in [9.17, 15) is 24.9 Å². The first kappa shape index (κ1) is 16.8. The van der Waals surface area contributed by atoms with E-state index >= 15 is 0 Å². The van der Waals surface area contributed by atoms with Crippen LogP contribution < -0.4 is 10.6 Å². The van der Waals surface area contributed by atoms with Gasteiger partial charge >= 0.3 is 6.03 Å². The summed E-state index contributed by atoms with van der Waals surface area (Å²) in [5.41, 5.74) is -1.32. The fourth-order valence-electron chi connectivity index (χ4n) is 2.85. The van der Waals surface area contributed by atoms with Crippen molar-refractivity contribution in [2.45, 2.75) is 36.7 Å². The molecule has 1 spiro atoms. The number of carbonyl (C=O) groups is 2. The molecule has 9 heteroatoms. The van der Waals surface area contributed by atoms with E-state index in [1.807, 2.05) is 11.4 Å². The molecule has 1 aromatic carbocycles. The molecule has 1 aromatic rings. The third-order valence-corrected chi connectivity index (χ3v) is 4.11. The summed E-state index contributed by atoms with van der Waals surface area (Å²) in [6, 6.07) is 8.18. The van der Waals surface area contributed by atoms with Crippen LogP contribution in [0.5, 0.6) is 0 Å². The monoisotopic (exact) mass is 338 g/mol. The fraction of sp³-hybridized carbons (Fsp3) is 0.467. The summed E-state index contributed by atoms with van der Waals surface area (Å²) in [7, 11) is 0. The minimum Gasteiger partial charge on any atom is -0.394 e. The lowest BCUT2D eigenvalue weighted by molar-refractivity contribution is -0.278. The SMILES string of the molecule is O=C1NC(=O)[C@@]2(N1)O[C@H](CO)[C@@H](O)[C@H](OCc1ccccc1)[C@H]2O. The summed E-state index contributed by atoms with van der Waals surface area (Å²) in [6.07, 6.45) is -5.51. The predicted molar refractivity (Wildman–Crippen MR) is 78.4 cm³/mol. The smallest absolute Gasteiger partial charge is 0.324 e. The zero-order valence-corrected chi connectivity index (χ0v) is 12.6. The molecule has 0 saturated carbocycles. The number of carbonyl (C=O) groups excluding carboxylic acids is 2. The van der Waals surface area contributed by atoms with Crippen LogP contribution in [0.3, 0.4) is 0 Å². The zero-order valence-electron chi connectivity index (χ0n) is 12.6. The first-order chi connectivity index (χ1) is 11.5. The van der Waals surface area contributed by atoms with Crippen molar-refractivity contribution in [3.05, 3.63) is 35.9 Å². The van der Waals surface area contributed by atoms with Crippen LogP contribution in [0, 0.1) is 0 Å². The first-order valence-electron chi connectivity index (χ1n) is 7.42. The third kappa shape index (κ3) is 2.76. The largest absolute Gasteiger partial charge is 0.394 e. The van der Waals surface area contributed by atoms with Crippen LogP contribution in [0.4, 0.5) is 4.79 Å². The molecule has 9 nitrogen and oxygen atoms in total. The molecule has 0 unspecified atom stereocenters. The number of aliphatic hydroxyl groups is 3. The summed E-state index contributed by atoms with van der Waals surface area (Å²) >= 11 is 0. The summed E-state index contributed by atoms with van der Waals surface area (Å²) in [5, 5.41) is 34.3. The molecule has 3 rings (SSSR count). The Balaban J connectivity index is 1.83. The average Bonchev–Trinajstić information content (AvgIpc) is 2.86. The second-order valence-corrected chi connectivity index (χ2v) is 5.68. The molecule has 130 valence electrons. The topological polar surface area (TPSA) is 137 Å². The van der Waals surface area contributed by atoms with Gasteiger partial charge in [0.1, 0.15) is 24.4 Å². The summed E-state index contributed by atoms with van der Waals surface area (Å²) < 4.78 is 10.9. The molecule has 5 N–H and O–H groups in total. The number of urea groups is 1. The van der Waals surface area contributed by atoms with Gasteiger partial charge in [0.15, 0.2) is 0 Å². The maximum Gasteiger partial charge on any atom is 0.324 e. The van der Waals surface area contributed by atoms with Crippen molar-refractivity contribution >= 4 is 11.9 Å². The minimum absolute atomic E-state index is 0.0589. The minimum atomic E-state index is -2.11. The molecule has 24 heavy (non-hydrogen) atoms. The highest BCUT2D eigenvalue weighted by Crippen LogP contribution is 2.32. The van der Waals surface area contributed by atoms with Crippen LogP contribution in [0.25, 0.3) is 0 Å². The number of hydrogen-bond acceptors (Lipinski definition) is 7. The van der Waals surface area contributed by atoms with Gasteiger partial charge in [-0.05, 0) is 5.56 Å². The number of benzene rings is 1. The molecule has 2 aliphatic rings. The van der Waals surface area contributed by atoms with E-state index in [1.165, 1.54) is 0 Å². The van der Waals surface area contributed by atoms with E-state index in [-0.39, 0.29) is 6.61 Å². The second kappa shape index (κ2) is 6.46. The summed E-state index contributed by atoms with van der Waals surface area (Å²) in [5.74, 6) is -0.904. The van der Waals surface area contributed by atoms with E-state index in [0.717, 1.165) is 5.56 Å². The van der Waals surface area contributed by atoms with Gasteiger partial charge in [0.05, 0.1) is 13.2 Å². The predicted octanol–water partition coefficient (Wildman–Crippen LogP) is -1.78. The number of imide groups is 1. The van der Waals surface area contributed by atoms with Crippen molar-refractivity contribution in [3.8, 4) is 0 Å². The Morgan fingerprint density at radius 3 is 2.50 bits per heavy atom. The highest BCUT2D eigenvalue weighted by atomic mass is 16.6. The van der Waals surface area contributed by atoms with Crippen LogP contribution in [0.1, 0.15) is 5.56 Å². The molecule has 0 bridgehead atoms. The number of rotatable bonds is 4. The first-order valence-corrected chi connectivity index (χ1v) is 7.42. The van der Waals surface area contributed by atoms with Crippen LogP contribution in [-0.2, 0) is 20.9 Å². The van der Waals surface area contributed by atoms with Gasteiger partial charge in [0, 0.05) is 0 Å². The Kier molecular flexibility index (Phi) is 4.52. The van der Waals surface area contributed by atoms with Crippen molar-refractivity contribution in [1.82, 2.24) is 10.6 Å². The van der Waals surface area contributed by atoms with Crippen molar-refractivity contribution < 1.29 is 34.4 Å². The van der Waals surface area contributed by atoms with Gasteiger partial charge in [-0.15, -0.1) is 0 Å². The molecule has 2 heterocycles. The highest BCUT2D eigenvalue weighted by molar-refractivity contribution is 6.06. The number of ether oxygens (including phenoxy) is 2. The third-order valence-electron chi connectivity index (χ3n) is 4.11. The van der Waals surface area contributed by atoms with Crippen LogP contribution in [-0.4, -0.2) is 64.0 Å². The van der Waals surface area contributed by atoms with E-state index in [1.54, 1.807) is 24.3 Å². The van der Waals surface area contributed by atoms with Gasteiger partial charge in [-0.25, -0.2) is 4.79 Å². The van der Waals surface area contributed by atoms with Gasteiger partial charge in [-0.2, -0.15) is 0 Å². The Labute approximate surface area is 137 Å². The van der Waals surface area contributed by atoms with Gasteiger partial charge < -0.3 is 24.8 Å². The molecule has 0 aromatic heterocycles.